The van der Waals surface area contributed by atoms with E-state index in [1.165, 1.54) is 29.3 Å². The lowest BCUT2D eigenvalue weighted by Gasteiger charge is -2.29. The van der Waals surface area contributed by atoms with Crippen LogP contribution in [-0.4, -0.2) is 17.9 Å². The highest BCUT2D eigenvalue weighted by molar-refractivity contribution is 6.23. The fraction of sp³-hybridized carbons (Fsp3) is 0.130. The Morgan fingerprint density at radius 3 is 2.20 bits per heavy atom. The highest BCUT2D eigenvalue weighted by atomic mass is 19.1. The lowest BCUT2D eigenvalue weighted by Crippen LogP contribution is -2.37. The van der Waals surface area contributed by atoms with Crippen molar-refractivity contribution in [1.29, 1.82) is 0 Å². The summed E-state index contributed by atoms with van der Waals surface area (Å²) in [7, 11) is 0. The SMILES string of the molecule is O=C1[C@@H]2[C@@H](ON(c3ccccc3)[C@H]2c2ccccc2F)C(=O)N1c1cccc(F)c1. The number of hydrogen-bond donors (Lipinski definition) is 0. The molecule has 0 saturated carbocycles. The highest BCUT2D eigenvalue weighted by Gasteiger charge is 2.60. The second kappa shape index (κ2) is 7.03. The Labute approximate surface area is 171 Å². The number of carbonyl (C=O) groups excluding carboxylic acids is 2. The normalized spacial score (nSPS) is 23.2. The Kier molecular flexibility index (Phi) is 4.33. The number of fused-ring (bicyclic) bond motifs is 1. The molecule has 2 aliphatic heterocycles. The minimum atomic E-state index is -1.13. The number of hydrogen-bond acceptors (Lipinski definition) is 4. The summed E-state index contributed by atoms with van der Waals surface area (Å²) in [6.45, 7) is 0. The molecule has 150 valence electrons. The van der Waals surface area contributed by atoms with E-state index in [9.17, 15) is 18.4 Å². The number of nitrogens with zero attached hydrogens (tertiary/aromatic N) is 2. The van der Waals surface area contributed by atoms with E-state index in [1.54, 1.807) is 42.5 Å². The second-order valence-corrected chi connectivity index (χ2v) is 7.17. The van der Waals surface area contributed by atoms with Crippen LogP contribution >= 0.6 is 0 Å². The molecule has 2 aliphatic rings. The van der Waals surface area contributed by atoms with Crippen LogP contribution in [0.1, 0.15) is 11.6 Å². The zero-order valence-electron chi connectivity index (χ0n) is 15.6. The van der Waals surface area contributed by atoms with Crippen molar-refractivity contribution in [3.05, 3.63) is 96.1 Å². The van der Waals surface area contributed by atoms with E-state index in [1.807, 2.05) is 6.07 Å². The van der Waals surface area contributed by atoms with Gasteiger partial charge in [-0.15, -0.1) is 0 Å². The molecule has 0 radical (unpaired) electrons. The molecule has 2 amide bonds. The first-order valence-electron chi connectivity index (χ1n) is 9.45. The van der Waals surface area contributed by atoms with E-state index in [4.69, 9.17) is 4.84 Å². The Morgan fingerprint density at radius 2 is 1.47 bits per heavy atom. The van der Waals surface area contributed by atoms with Crippen molar-refractivity contribution in [3.63, 3.8) is 0 Å². The summed E-state index contributed by atoms with van der Waals surface area (Å²) in [5.41, 5.74) is 0.968. The molecular weight excluding hydrogens is 390 g/mol. The van der Waals surface area contributed by atoms with Crippen molar-refractivity contribution in [2.75, 3.05) is 9.96 Å². The molecule has 7 heteroatoms. The monoisotopic (exact) mass is 406 g/mol. The highest BCUT2D eigenvalue weighted by Crippen LogP contribution is 2.48. The quantitative estimate of drug-likeness (QED) is 0.617. The summed E-state index contributed by atoms with van der Waals surface area (Å²) in [5, 5.41) is 1.42. The largest absolute Gasteiger partial charge is 0.273 e. The molecule has 2 heterocycles. The number of hydroxylamine groups is 1. The third-order valence-corrected chi connectivity index (χ3v) is 5.42. The van der Waals surface area contributed by atoms with Gasteiger partial charge in [-0.1, -0.05) is 42.5 Å². The predicted octanol–water partition coefficient (Wildman–Crippen LogP) is 4.02. The fourth-order valence-electron chi connectivity index (χ4n) is 4.11. The van der Waals surface area contributed by atoms with Crippen LogP contribution in [-0.2, 0) is 14.4 Å². The molecule has 3 aromatic rings. The van der Waals surface area contributed by atoms with Crippen molar-refractivity contribution in [1.82, 2.24) is 0 Å². The van der Waals surface area contributed by atoms with Crippen LogP contribution in [0.2, 0.25) is 0 Å². The van der Waals surface area contributed by atoms with Gasteiger partial charge in [0.15, 0.2) is 6.10 Å². The molecule has 0 aromatic heterocycles. The number of rotatable bonds is 3. The number of carbonyl (C=O) groups is 2. The zero-order valence-corrected chi connectivity index (χ0v) is 15.6. The summed E-state index contributed by atoms with van der Waals surface area (Å²) in [5.74, 6) is -3.20. The maximum atomic E-state index is 14.7. The van der Waals surface area contributed by atoms with Crippen molar-refractivity contribution in [3.8, 4) is 0 Å². The summed E-state index contributed by atoms with van der Waals surface area (Å²) >= 11 is 0. The average Bonchev–Trinajstić information content (AvgIpc) is 3.25. The summed E-state index contributed by atoms with van der Waals surface area (Å²) in [4.78, 5) is 33.3. The molecule has 3 atom stereocenters. The van der Waals surface area contributed by atoms with Crippen LogP contribution in [0.25, 0.3) is 0 Å². The number of benzene rings is 3. The number of halogens is 2. The third kappa shape index (κ3) is 2.78. The standard InChI is InChI=1S/C23H16F2N2O3/c24-14-7-6-10-16(13-14)26-22(28)19-20(17-11-4-5-12-18(17)25)27(30-21(19)23(26)29)15-8-2-1-3-9-15/h1-13,19-21H/t19-,20-,21+/m0/s1. The molecule has 2 saturated heterocycles. The van der Waals surface area contributed by atoms with Crippen LogP contribution in [0.15, 0.2) is 78.9 Å². The molecule has 5 rings (SSSR count). The van der Waals surface area contributed by atoms with E-state index < -0.39 is 41.5 Å². The van der Waals surface area contributed by atoms with Gasteiger partial charge >= 0.3 is 0 Å². The van der Waals surface area contributed by atoms with Crippen LogP contribution in [0, 0.1) is 17.6 Å². The minimum absolute atomic E-state index is 0.126. The molecule has 2 fully saturated rings. The van der Waals surface area contributed by atoms with Crippen LogP contribution in [0.4, 0.5) is 20.2 Å². The fourth-order valence-corrected chi connectivity index (χ4v) is 4.11. The minimum Gasteiger partial charge on any atom is -0.273 e. The molecule has 0 N–H and O–H groups in total. The van der Waals surface area contributed by atoms with Gasteiger partial charge in [-0.25, -0.2) is 18.7 Å². The first-order valence-corrected chi connectivity index (χ1v) is 9.45. The number of amides is 2. The second-order valence-electron chi connectivity index (χ2n) is 7.17. The van der Waals surface area contributed by atoms with Gasteiger partial charge in [-0.2, -0.15) is 0 Å². The summed E-state index contributed by atoms with van der Waals surface area (Å²) < 4.78 is 28.4. The van der Waals surface area contributed by atoms with Crippen LogP contribution in [0.5, 0.6) is 0 Å². The topological polar surface area (TPSA) is 49.9 Å². The summed E-state index contributed by atoms with van der Waals surface area (Å²) in [6.07, 6.45) is -1.13. The van der Waals surface area contributed by atoms with Gasteiger partial charge in [0.25, 0.3) is 5.91 Å². The van der Waals surface area contributed by atoms with Gasteiger partial charge < -0.3 is 0 Å². The molecular formula is C23H16F2N2O3. The zero-order chi connectivity index (χ0) is 20.8. The van der Waals surface area contributed by atoms with Gasteiger partial charge in [-0.3, -0.25) is 14.4 Å². The third-order valence-electron chi connectivity index (χ3n) is 5.42. The molecule has 5 nitrogen and oxygen atoms in total. The molecule has 0 unspecified atom stereocenters. The van der Waals surface area contributed by atoms with E-state index >= 15 is 0 Å². The Hall–Kier alpha value is -3.58. The number of imide groups is 1. The van der Waals surface area contributed by atoms with E-state index in [0.717, 1.165) is 11.0 Å². The first-order chi connectivity index (χ1) is 14.6. The smallest absolute Gasteiger partial charge is 0.266 e. The van der Waals surface area contributed by atoms with Gasteiger partial charge in [0, 0.05) is 5.56 Å². The van der Waals surface area contributed by atoms with Gasteiger partial charge in [0.05, 0.1) is 17.4 Å². The maximum Gasteiger partial charge on any atom is 0.266 e. The Bertz CT molecular complexity index is 1140. The lowest BCUT2D eigenvalue weighted by molar-refractivity contribution is -0.126. The molecule has 0 bridgehead atoms. The van der Waals surface area contributed by atoms with E-state index in [2.05, 4.69) is 0 Å². The van der Waals surface area contributed by atoms with Gasteiger partial charge in [0.1, 0.15) is 17.6 Å². The molecule has 0 aliphatic carbocycles. The predicted molar refractivity (Wildman–Crippen MR) is 105 cm³/mol. The molecule has 0 spiro atoms. The molecule has 30 heavy (non-hydrogen) atoms. The number of para-hydroxylation sites is 1. The van der Waals surface area contributed by atoms with Crippen LogP contribution in [0.3, 0.4) is 0 Å². The lowest BCUT2D eigenvalue weighted by atomic mass is 9.90. The van der Waals surface area contributed by atoms with Crippen molar-refractivity contribution in [2.24, 2.45) is 5.92 Å². The van der Waals surface area contributed by atoms with Crippen molar-refractivity contribution >= 4 is 23.2 Å². The maximum absolute atomic E-state index is 14.7. The van der Waals surface area contributed by atoms with Crippen molar-refractivity contribution < 1.29 is 23.2 Å². The average molecular weight is 406 g/mol. The summed E-state index contributed by atoms with van der Waals surface area (Å²) in [6, 6.07) is 19.4. The van der Waals surface area contributed by atoms with Gasteiger partial charge in [-0.05, 0) is 36.4 Å². The Balaban J connectivity index is 1.61. The number of anilines is 2. The van der Waals surface area contributed by atoms with Crippen molar-refractivity contribution in [2.45, 2.75) is 12.1 Å². The van der Waals surface area contributed by atoms with Gasteiger partial charge in [0.2, 0.25) is 5.91 Å². The van der Waals surface area contributed by atoms with E-state index in [0.29, 0.717) is 5.69 Å². The van der Waals surface area contributed by atoms with E-state index in [-0.39, 0.29) is 11.3 Å². The van der Waals surface area contributed by atoms with Crippen LogP contribution < -0.4 is 9.96 Å². The Morgan fingerprint density at radius 1 is 0.767 bits per heavy atom. The molecule has 3 aromatic carbocycles. The first kappa shape index (κ1) is 18.4.